The number of carbonyl (C=O) groups is 4. The monoisotopic (exact) mass is 343 g/mol. The highest BCUT2D eigenvalue weighted by Crippen LogP contribution is 2.32. The van der Waals surface area contributed by atoms with Crippen molar-refractivity contribution in [3.05, 3.63) is 0 Å². The number of hydrogen-bond acceptors (Lipinski definition) is 6. The van der Waals surface area contributed by atoms with Crippen molar-refractivity contribution in [3.63, 3.8) is 0 Å². The van der Waals surface area contributed by atoms with E-state index in [1.54, 1.807) is 0 Å². The Hall–Kier alpha value is -2.00. The predicted octanol–water partition coefficient (Wildman–Crippen LogP) is -0.774. The van der Waals surface area contributed by atoms with E-state index in [1.165, 1.54) is 0 Å². The number of nitrogens with two attached hydrogens (primary N) is 2. The Labute approximate surface area is 139 Å². The van der Waals surface area contributed by atoms with Gasteiger partial charge in [-0.25, -0.2) is 4.79 Å². The number of aliphatic carboxylic acids is 2. The summed E-state index contributed by atoms with van der Waals surface area (Å²) in [6.45, 7) is -0.485. The van der Waals surface area contributed by atoms with Gasteiger partial charge in [0.1, 0.15) is 0 Å². The lowest BCUT2D eigenvalue weighted by Gasteiger charge is -2.35. The van der Waals surface area contributed by atoms with E-state index in [9.17, 15) is 24.3 Å². The van der Waals surface area contributed by atoms with Gasteiger partial charge in [-0.05, 0) is 12.3 Å². The molecule has 1 aliphatic carbocycles. The molecule has 9 heteroatoms. The lowest BCUT2D eigenvalue weighted by molar-refractivity contribution is -0.155. The Morgan fingerprint density at radius 2 is 1.71 bits per heavy atom. The maximum Gasteiger partial charge on any atom is 0.337 e. The molecular weight excluding hydrogens is 318 g/mol. The second-order valence-electron chi connectivity index (χ2n) is 6.24. The summed E-state index contributed by atoms with van der Waals surface area (Å²) >= 11 is 0. The van der Waals surface area contributed by atoms with Gasteiger partial charge in [0.05, 0.1) is 19.0 Å². The summed E-state index contributed by atoms with van der Waals surface area (Å²) < 4.78 is 0. The molecule has 1 rings (SSSR count). The number of carbonyl (C=O) groups excluding carboxylic acids is 2. The number of rotatable bonds is 9. The first-order valence-corrected chi connectivity index (χ1v) is 7.99. The second-order valence-corrected chi connectivity index (χ2v) is 6.24. The number of carboxylic acid groups (broad SMARTS) is 2. The normalized spacial score (nSPS) is 19.1. The van der Waals surface area contributed by atoms with E-state index in [4.69, 9.17) is 16.6 Å². The fourth-order valence-electron chi connectivity index (χ4n) is 3.17. The molecule has 0 aromatic heterocycles. The molecule has 1 aliphatic rings. The molecule has 0 aromatic rings. The third kappa shape index (κ3) is 5.00. The maximum absolute atomic E-state index is 12.6. The van der Waals surface area contributed by atoms with E-state index < -0.39 is 48.2 Å². The average molecular weight is 343 g/mol. The predicted molar refractivity (Wildman–Crippen MR) is 84.0 cm³/mol. The molecule has 0 aromatic carbocycles. The molecule has 0 spiro atoms. The summed E-state index contributed by atoms with van der Waals surface area (Å²) in [4.78, 5) is 47.0. The van der Waals surface area contributed by atoms with Crippen LogP contribution in [0.3, 0.4) is 0 Å². The molecule has 0 radical (unpaired) electrons. The molecular formula is C15H25N3O6. The van der Waals surface area contributed by atoms with Gasteiger partial charge in [-0.15, -0.1) is 0 Å². The molecule has 0 heterocycles. The highest BCUT2D eigenvalue weighted by Gasteiger charge is 2.50. The standard InChI is InChI=1S/C15H25N3O6/c16-8-11(19)18-15(14(23)24,7-9-4-2-1-3-5-9)13(22)10(17)6-12(20)21/h9-10H,1-8,16-17H2,(H,18,19)(H,20,21)(H,23,24)/t10-,15+/m0/s1. The van der Waals surface area contributed by atoms with Crippen LogP contribution in [-0.2, 0) is 19.2 Å². The Bertz CT molecular complexity index is 503. The largest absolute Gasteiger partial charge is 0.481 e. The van der Waals surface area contributed by atoms with Gasteiger partial charge >= 0.3 is 11.9 Å². The van der Waals surface area contributed by atoms with Crippen LogP contribution in [0, 0.1) is 5.92 Å². The number of Topliss-reactive ketones (excluding diaryl/α,β-unsaturated/α-hetero) is 1. The third-order valence-corrected chi connectivity index (χ3v) is 4.37. The van der Waals surface area contributed by atoms with Crippen LogP contribution in [-0.4, -0.2) is 52.0 Å². The van der Waals surface area contributed by atoms with Crippen molar-refractivity contribution < 1.29 is 29.4 Å². The van der Waals surface area contributed by atoms with E-state index in [0.717, 1.165) is 32.1 Å². The Morgan fingerprint density at radius 3 is 2.17 bits per heavy atom. The fourth-order valence-corrected chi connectivity index (χ4v) is 3.17. The number of ketones is 1. The number of carboxylic acids is 2. The Morgan fingerprint density at radius 1 is 1.12 bits per heavy atom. The number of nitrogens with one attached hydrogen (secondary N) is 1. The van der Waals surface area contributed by atoms with Crippen molar-refractivity contribution in [2.45, 2.75) is 56.5 Å². The van der Waals surface area contributed by atoms with Crippen LogP contribution >= 0.6 is 0 Å². The van der Waals surface area contributed by atoms with Crippen LogP contribution in [0.25, 0.3) is 0 Å². The van der Waals surface area contributed by atoms with Gasteiger partial charge in [-0.2, -0.15) is 0 Å². The molecule has 0 unspecified atom stereocenters. The van der Waals surface area contributed by atoms with E-state index in [-0.39, 0.29) is 12.3 Å². The minimum atomic E-state index is -2.24. The maximum atomic E-state index is 12.6. The van der Waals surface area contributed by atoms with E-state index in [2.05, 4.69) is 5.32 Å². The summed E-state index contributed by atoms with van der Waals surface area (Å²) in [5.74, 6) is -4.73. The number of amides is 1. The van der Waals surface area contributed by atoms with E-state index in [1.807, 2.05) is 0 Å². The first kappa shape index (κ1) is 20.0. The second kappa shape index (κ2) is 8.74. The summed E-state index contributed by atoms with van der Waals surface area (Å²) in [5.41, 5.74) is 8.57. The molecule has 1 saturated carbocycles. The first-order chi connectivity index (χ1) is 11.2. The molecule has 0 bridgehead atoms. The lowest BCUT2D eigenvalue weighted by Crippen LogP contribution is -2.65. The zero-order valence-corrected chi connectivity index (χ0v) is 13.5. The molecule has 9 nitrogen and oxygen atoms in total. The first-order valence-electron chi connectivity index (χ1n) is 7.99. The summed E-state index contributed by atoms with van der Waals surface area (Å²) in [5, 5.41) is 20.7. The van der Waals surface area contributed by atoms with Crippen molar-refractivity contribution in [3.8, 4) is 0 Å². The average Bonchev–Trinajstić information content (AvgIpc) is 2.53. The molecule has 1 fully saturated rings. The van der Waals surface area contributed by atoms with Crippen molar-refractivity contribution >= 4 is 23.6 Å². The Kier molecular flexibility index (Phi) is 7.30. The van der Waals surface area contributed by atoms with Gasteiger partial charge < -0.3 is 27.0 Å². The molecule has 136 valence electrons. The quantitative estimate of drug-likeness (QED) is 0.339. The Balaban J connectivity index is 3.13. The lowest BCUT2D eigenvalue weighted by atomic mass is 9.75. The smallest absolute Gasteiger partial charge is 0.337 e. The topological polar surface area (TPSA) is 173 Å². The summed E-state index contributed by atoms with van der Waals surface area (Å²) in [6, 6.07) is -1.53. The third-order valence-electron chi connectivity index (χ3n) is 4.37. The van der Waals surface area contributed by atoms with Gasteiger partial charge in [-0.1, -0.05) is 32.1 Å². The van der Waals surface area contributed by atoms with E-state index >= 15 is 0 Å². The van der Waals surface area contributed by atoms with Gasteiger partial charge in [-0.3, -0.25) is 14.4 Å². The highest BCUT2D eigenvalue weighted by atomic mass is 16.4. The van der Waals surface area contributed by atoms with Crippen LogP contribution < -0.4 is 16.8 Å². The highest BCUT2D eigenvalue weighted by molar-refractivity contribution is 6.13. The molecule has 7 N–H and O–H groups in total. The minimum Gasteiger partial charge on any atom is -0.481 e. The number of hydrogen-bond donors (Lipinski definition) is 5. The van der Waals surface area contributed by atoms with Gasteiger partial charge in [0.25, 0.3) is 0 Å². The van der Waals surface area contributed by atoms with Gasteiger partial charge in [0.2, 0.25) is 5.91 Å². The molecule has 24 heavy (non-hydrogen) atoms. The minimum absolute atomic E-state index is 0.0612. The van der Waals surface area contributed by atoms with Crippen LogP contribution in [0.1, 0.15) is 44.9 Å². The van der Waals surface area contributed by atoms with Crippen molar-refractivity contribution in [2.75, 3.05) is 6.54 Å². The molecule has 1 amide bonds. The van der Waals surface area contributed by atoms with Crippen LogP contribution in [0.4, 0.5) is 0 Å². The zero-order chi connectivity index (χ0) is 18.3. The summed E-state index contributed by atoms with van der Waals surface area (Å²) in [7, 11) is 0. The molecule has 0 aliphatic heterocycles. The molecule has 0 saturated heterocycles. The van der Waals surface area contributed by atoms with Gasteiger partial charge in [0.15, 0.2) is 11.3 Å². The van der Waals surface area contributed by atoms with Crippen LogP contribution in [0.15, 0.2) is 0 Å². The van der Waals surface area contributed by atoms with Gasteiger partial charge in [0, 0.05) is 0 Å². The van der Waals surface area contributed by atoms with Crippen LogP contribution in [0.2, 0.25) is 0 Å². The fraction of sp³-hybridized carbons (Fsp3) is 0.733. The SMILES string of the molecule is NCC(=O)N[C@@](CC1CCCCC1)(C(=O)O)C(=O)[C@@H](N)CC(=O)O. The van der Waals surface area contributed by atoms with E-state index in [0.29, 0.717) is 0 Å². The molecule has 2 atom stereocenters. The van der Waals surface area contributed by atoms with Crippen molar-refractivity contribution in [1.29, 1.82) is 0 Å². The zero-order valence-electron chi connectivity index (χ0n) is 13.5. The van der Waals surface area contributed by atoms with Crippen molar-refractivity contribution in [2.24, 2.45) is 17.4 Å². The van der Waals surface area contributed by atoms with Crippen LogP contribution in [0.5, 0.6) is 0 Å². The van der Waals surface area contributed by atoms with Crippen molar-refractivity contribution in [1.82, 2.24) is 5.32 Å². The summed E-state index contributed by atoms with van der Waals surface area (Å²) in [6.07, 6.45) is 3.54.